The van der Waals surface area contributed by atoms with Crippen LogP contribution in [0.25, 0.3) is 0 Å². The Labute approximate surface area is 196 Å². The van der Waals surface area contributed by atoms with Crippen molar-refractivity contribution in [3.8, 4) is 5.75 Å². The average Bonchev–Trinajstić information content (AvgIpc) is 2.57. The van der Waals surface area contributed by atoms with E-state index >= 15 is 0 Å². The van der Waals surface area contributed by atoms with Crippen LogP contribution in [-0.2, 0) is 19.6 Å². The van der Waals surface area contributed by atoms with Crippen LogP contribution in [0.3, 0.4) is 0 Å². The second kappa shape index (κ2) is 9.71. The highest BCUT2D eigenvalue weighted by Gasteiger charge is 2.23. The topological polar surface area (TPSA) is 107 Å². The Morgan fingerprint density at radius 2 is 1.79 bits per heavy atom. The van der Waals surface area contributed by atoms with E-state index in [0.717, 1.165) is 3.57 Å². The van der Waals surface area contributed by atoms with E-state index in [2.05, 4.69) is 22.6 Å². The van der Waals surface area contributed by atoms with Crippen molar-refractivity contribution in [2.75, 3.05) is 6.61 Å². The highest BCUT2D eigenvalue weighted by Crippen LogP contribution is 2.31. The third-order valence-corrected chi connectivity index (χ3v) is 6.50. The van der Waals surface area contributed by atoms with E-state index in [0.29, 0.717) is 14.7 Å². The molecule has 0 spiro atoms. The van der Waals surface area contributed by atoms with Gasteiger partial charge in [-0.3, -0.25) is 4.55 Å². The first kappa shape index (κ1) is 24.0. The van der Waals surface area contributed by atoms with E-state index in [1.165, 1.54) is 19.1 Å². The molecule has 2 aromatic carbocycles. The molecule has 156 valence electrons. The number of carbonyl (C=O) groups excluding carboxylic acids is 2. The summed E-state index contributed by atoms with van der Waals surface area (Å²) in [6, 6.07) is 7.89. The van der Waals surface area contributed by atoms with Gasteiger partial charge in [-0.15, -0.1) is 0 Å². The van der Waals surface area contributed by atoms with Gasteiger partial charge in [0, 0.05) is 7.14 Å². The molecule has 0 saturated heterocycles. The zero-order valence-corrected chi connectivity index (χ0v) is 20.9. The zero-order valence-electron chi connectivity index (χ0n) is 15.7. The van der Waals surface area contributed by atoms with Crippen molar-refractivity contribution in [3.05, 3.63) is 54.2 Å². The maximum absolute atomic E-state index is 12.2. The molecule has 0 fully saturated rings. The van der Waals surface area contributed by atoms with Crippen molar-refractivity contribution < 1.29 is 32.0 Å². The standard InChI is InChI=1S/C19H18I2O7S/c1-10(2)15-8-13(6-11(3)18(15)29(24,25)26)28-17(22)9-27-19(23)14-5-4-12(20)7-16(14)21/h4-8,10H,9H2,1-3H3,(H,24,25,26). The van der Waals surface area contributed by atoms with E-state index in [4.69, 9.17) is 9.47 Å². The molecule has 2 rings (SSSR count). The van der Waals surface area contributed by atoms with Gasteiger partial charge >= 0.3 is 11.9 Å². The third kappa shape index (κ3) is 6.36. The van der Waals surface area contributed by atoms with Crippen LogP contribution in [0.15, 0.2) is 35.2 Å². The average molecular weight is 644 g/mol. The summed E-state index contributed by atoms with van der Waals surface area (Å²) in [5, 5.41) is 0. The fourth-order valence-corrected chi connectivity index (χ4v) is 5.51. The van der Waals surface area contributed by atoms with Crippen LogP contribution in [0.5, 0.6) is 5.75 Å². The minimum Gasteiger partial charge on any atom is -0.450 e. The predicted molar refractivity (Wildman–Crippen MR) is 123 cm³/mol. The Morgan fingerprint density at radius 3 is 2.34 bits per heavy atom. The first-order chi connectivity index (χ1) is 13.4. The molecule has 0 amide bonds. The largest absolute Gasteiger partial charge is 0.450 e. The van der Waals surface area contributed by atoms with E-state index in [9.17, 15) is 22.6 Å². The van der Waals surface area contributed by atoms with Gasteiger partial charge in [-0.05, 0) is 99.5 Å². The van der Waals surface area contributed by atoms with Crippen LogP contribution in [0.1, 0.15) is 41.3 Å². The Kier molecular flexibility index (Phi) is 8.04. The SMILES string of the molecule is Cc1cc(OC(=O)COC(=O)c2ccc(I)cc2I)cc(C(C)C)c1S(=O)(=O)O. The number of aryl methyl sites for hydroxylation is 1. The van der Waals surface area contributed by atoms with Crippen molar-refractivity contribution >= 4 is 67.2 Å². The fourth-order valence-electron chi connectivity index (χ4n) is 2.63. The second-order valence-corrected chi connectivity index (χ2v) is 10.2. The summed E-state index contributed by atoms with van der Waals surface area (Å²) in [6.07, 6.45) is 0. The van der Waals surface area contributed by atoms with Gasteiger partial charge in [-0.2, -0.15) is 8.42 Å². The number of hydrogen-bond acceptors (Lipinski definition) is 6. The summed E-state index contributed by atoms with van der Waals surface area (Å²) in [5.74, 6) is -1.61. The third-order valence-electron chi connectivity index (χ3n) is 3.86. The Hall–Kier alpha value is -1.25. The molecule has 2 aromatic rings. The van der Waals surface area contributed by atoms with Crippen molar-refractivity contribution in [3.63, 3.8) is 0 Å². The first-order valence-corrected chi connectivity index (χ1v) is 11.9. The van der Waals surface area contributed by atoms with Crippen LogP contribution < -0.4 is 4.74 Å². The quantitative estimate of drug-likeness (QED) is 0.216. The van der Waals surface area contributed by atoms with Gasteiger partial charge in [0.05, 0.1) is 5.56 Å². The van der Waals surface area contributed by atoms with Gasteiger partial charge in [0.15, 0.2) is 6.61 Å². The van der Waals surface area contributed by atoms with Gasteiger partial charge in [-0.1, -0.05) is 13.8 Å². The van der Waals surface area contributed by atoms with Gasteiger partial charge in [0.1, 0.15) is 10.6 Å². The van der Waals surface area contributed by atoms with Gasteiger partial charge in [0.2, 0.25) is 0 Å². The zero-order chi connectivity index (χ0) is 21.9. The molecule has 0 atom stereocenters. The van der Waals surface area contributed by atoms with E-state index in [1.54, 1.807) is 26.0 Å². The number of benzene rings is 2. The molecule has 0 saturated carbocycles. The molecule has 0 radical (unpaired) electrons. The number of rotatable bonds is 6. The van der Waals surface area contributed by atoms with Crippen molar-refractivity contribution in [1.29, 1.82) is 0 Å². The molecule has 0 aliphatic carbocycles. The summed E-state index contributed by atoms with van der Waals surface area (Å²) in [4.78, 5) is 24.0. The second-order valence-electron chi connectivity index (χ2n) is 6.46. The number of hydrogen-bond donors (Lipinski definition) is 1. The lowest BCUT2D eigenvalue weighted by Gasteiger charge is -2.15. The van der Waals surface area contributed by atoms with Crippen molar-refractivity contribution in [2.45, 2.75) is 31.6 Å². The molecule has 10 heteroatoms. The molecular weight excluding hydrogens is 626 g/mol. The van der Waals surface area contributed by atoms with Gasteiger partial charge < -0.3 is 9.47 Å². The summed E-state index contributed by atoms with van der Waals surface area (Å²) >= 11 is 4.13. The Morgan fingerprint density at radius 1 is 1.14 bits per heavy atom. The number of esters is 2. The molecule has 29 heavy (non-hydrogen) atoms. The molecule has 1 N–H and O–H groups in total. The lowest BCUT2D eigenvalue weighted by molar-refractivity contribution is -0.137. The summed E-state index contributed by atoms with van der Waals surface area (Å²) in [6.45, 7) is 4.39. The molecule has 0 unspecified atom stereocenters. The minimum atomic E-state index is -4.42. The minimum absolute atomic E-state index is 0.100. The molecule has 0 aliphatic rings. The van der Waals surface area contributed by atoms with Crippen LogP contribution in [0.2, 0.25) is 0 Å². The maximum atomic E-state index is 12.2. The number of carbonyl (C=O) groups is 2. The predicted octanol–water partition coefficient (Wildman–Crippen LogP) is 4.34. The van der Waals surface area contributed by atoms with Crippen molar-refractivity contribution in [1.82, 2.24) is 0 Å². The van der Waals surface area contributed by atoms with E-state index < -0.39 is 28.7 Å². The Bertz CT molecular complexity index is 1060. The van der Waals surface area contributed by atoms with E-state index in [-0.39, 0.29) is 22.1 Å². The van der Waals surface area contributed by atoms with Crippen molar-refractivity contribution in [2.24, 2.45) is 0 Å². The lowest BCUT2D eigenvalue weighted by Crippen LogP contribution is -2.20. The monoisotopic (exact) mass is 644 g/mol. The fraction of sp³-hybridized carbons (Fsp3) is 0.263. The normalized spacial score (nSPS) is 11.4. The van der Waals surface area contributed by atoms with Crippen LogP contribution in [0, 0.1) is 14.1 Å². The Balaban J connectivity index is 2.14. The highest BCUT2D eigenvalue weighted by molar-refractivity contribution is 14.1. The molecule has 7 nitrogen and oxygen atoms in total. The molecular formula is C19H18I2O7S. The van der Waals surface area contributed by atoms with Crippen LogP contribution >= 0.6 is 45.2 Å². The summed E-state index contributed by atoms with van der Waals surface area (Å²) in [7, 11) is -4.42. The van der Waals surface area contributed by atoms with Crippen LogP contribution in [-0.4, -0.2) is 31.5 Å². The molecule has 0 bridgehead atoms. The summed E-state index contributed by atoms with van der Waals surface area (Å²) < 4.78 is 44.7. The van der Waals surface area contributed by atoms with E-state index in [1.807, 2.05) is 28.7 Å². The smallest absolute Gasteiger partial charge is 0.349 e. The number of halogens is 2. The van der Waals surface area contributed by atoms with Gasteiger partial charge in [-0.25, -0.2) is 9.59 Å². The molecule has 0 aliphatic heterocycles. The maximum Gasteiger partial charge on any atom is 0.349 e. The van der Waals surface area contributed by atoms with Crippen LogP contribution in [0.4, 0.5) is 0 Å². The van der Waals surface area contributed by atoms with Gasteiger partial charge in [0.25, 0.3) is 10.1 Å². The molecule has 0 aromatic heterocycles. The molecule has 0 heterocycles. The number of ether oxygens (including phenoxy) is 2. The highest BCUT2D eigenvalue weighted by atomic mass is 127. The summed E-state index contributed by atoms with van der Waals surface area (Å²) in [5.41, 5.74) is 0.905. The lowest BCUT2D eigenvalue weighted by atomic mass is 10.0. The first-order valence-electron chi connectivity index (χ1n) is 8.35.